The molecular formula is C12H16F3NO. The minimum Gasteiger partial charge on any atom is -0.481 e. The second-order valence-electron chi connectivity index (χ2n) is 3.80. The summed E-state index contributed by atoms with van der Waals surface area (Å²) in [6, 6.07) is 2.94. The average Bonchev–Trinajstić information content (AvgIpc) is 2.29. The number of alkyl halides is 3. The number of halogens is 3. The third kappa shape index (κ3) is 3.11. The molecule has 0 aliphatic heterocycles. The van der Waals surface area contributed by atoms with Crippen molar-refractivity contribution in [3.8, 4) is 5.88 Å². The Morgan fingerprint density at radius 1 is 1.24 bits per heavy atom. The summed E-state index contributed by atoms with van der Waals surface area (Å²) < 4.78 is 43.4. The number of hydrogen-bond acceptors (Lipinski definition) is 2. The number of aromatic nitrogens is 1. The first-order valence-corrected chi connectivity index (χ1v) is 5.56. The van der Waals surface area contributed by atoms with E-state index in [1.807, 2.05) is 13.8 Å². The Hall–Kier alpha value is -1.26. The van der Waals surface area contributed by atoms with Crippen molar-refractivity contribution in [2.75, 3.05) is 7.11 Å². The van der Waals surface area contributed by atoms with E-state index in [9.17, 15) is 13.2 Å². The van der Waals surface area contributed by atoms with E-state index in [1.165, 1.54) is 19.2 Å². The van der Waals surface area contributed by atoms with Crippen molar-refractivity contribution in [2.45, 2.75) is 38.8 Å². The Balaban J connectivity index is 3.29. The number of hydrogen-bond donors (Lipinski definition) is 0. The van der Waals surface area contributed by atoms with Gasteiger partial charge >= 0.3 is 6.18 Å². The molecule has 0 aromatic carbocycles. The first-order chi connectivity index (χ1) is 7.93. The highest BCUT2D eigenvalue weighted by Gasteiger charge is 2.37. The van der Waals surface area contributed by atoms with Gasteiger partial charge in [0.1, 0.15) is 0 Å². The molecule has 0 fully saturated rings. The van der Waals surface area contributed by atoms with Crippen LogP contribution < -0.4 is 4.74 Å². The summed E-state index contributed by atoms with van der Waals surface area (Å²) in [4.78, 5) is 3.53. The van der Waals surface area contributed by atoms with Crippen LogP contribution in [0.25, 0.3) is 0 Å². The lowest BCUT2D eigenvalue weighted by molar-refractivity contribution is -0.142. The van der Waals surface area contributed by atoms with Crippen molar-refractivity contribution in [1.29, 1.82) is 0 Å². The monoisotopic (exact) mass is 247 g/mol. The summed E-state index contributed by atoms with van der Waals surface area (Å²) in [5.74, 6) is -0.128. The van der Waals surface area contributed by atoms with E-state index in [2.05, 4.69) is 4.98 Å². The van der Waals surface area contributed by atoms with E-state index >= 15 is 0 Å². The predicted octanol–water partition coefficient (Wildman–Crippen LogP) is 4.01. The summed E-state index contributed by atoms with van der Waals surface area (Å²) in [5.41, 5.74) is -0.575. The number of ether oxygens (including phenoxy) is 1. The average molecular weight is 247 g/mol. The van der Waals surface area contributed by atoms with Crippen LogP contribution in [0, 0.1) is 0 Å². The van der Waals surface area contributed by atoms with E-state index in [-0.39, 0.29) is 17.4 Å². The standard InChI is InChI=1S/C12H16F3NO/c1-4-8(5-2)9-6-7-10(17-3)16-11(9)12(13,14)15/h6-8H,4-5H2,1-3H3. The fourth-order valence-corrected chi connectivity index (χ4v) is 1.85. The first kappa shape index (κ1) is 13.8. The molecule has 0 spiro atoms. The van der Waals surface area contributed by atoms with Gasteiger partial charge in [-0.15, -0.1) is 0 Å². The summed E-state index contributed by atoms with van der Waals surface area (Å²) in [6.07, 6.45) is -3.12. The van der Waals surface area contributed by atoms with Crippen molar-refractivity contribution in [3.63, 3.8) is 0 Å². The maximum Gasteiger partial charge on any atom is 0.433 e. The van der Waals surface area contributed by atoms with Crippen LogP contribution in [0.5, 0.6) is 5.88 Å². The summed E-state index contributed by atoms with van der Waals surface area (Å²) in [5, 5.41) is 0. The normalized spacial score (nSPS) is 11.9. The lowest BCUT2D eigenvalue weighted by atomic mass is 9.92. The number of pyridine rings is 1. The van der Waals surface area contributed by atoms with E-state index in [0.717, 1.165) is 0 Å². The maximum absolute atomic E-state index is 12.9. The van der Waals surface area contributed by atoms with Gasteiger partial charge < -0.3 is 4.74 Å². The molecule has 0 N–H and O–H groups in total. The zero-order valence-electron chi connectivity index (χ0n) is 10.1. The molecule has 0 saturated carbocycles. The largest absolute Gasteiger partial charge is 0.481 e. The van der Waals surface area contributed by atoms with Crippen LogP contribution in [0.1, 0.15) is 43.9 Å². The van der Waals surface area contributed by atoms with Crippen LogP contribution in [0.4, 0.5) is 13.2 Å². The highest BCUT2D eigenvalue weighted by atomic mass is 19.4. The van der Waals surface area contributed by atoms with Gasteiger partial charge in [-0.3, -0.25) is 0 Å². The minimum absolute atomic E-state index is 0.00738. The molecule has 0 saturated heterocycles. The molecule has 0 bridgehead atoms. The van der Waals surface area contributed by atoms with E-state index in [4.69, 9.17) is 4.74 Å². The van der Waals surface area contributed by atoms with Crippen molar-refractivity contribution in [2.24, 2.45) is 0 Å². The summed E-state index contributed by atoms with van der Waals surface area (Å²) in [7, 11) is 1.30. The fourth-order valence-electron chi connectivity index (χ4n) is 1.85. The smallest absolute Gasteiger partial charge is 0.433 e. The highest BCUT2D eigenvalue weighted by Crippen LogP contribution is 2.37. The number of methoxy groups -OCH3 is 1. The molecule has 1 rings (SSSR count). The van der Waals surface area contributed by atoms with Crippen LogP contribution in [-0.2, 0) is 6.18 Å². The minimum atomic E-state index is -4.44. The molecule has 17 heavy (non-hydrogen) atoms. The highest BCUT2D eigenvalue weighted by molar-refractivity contribution is 5.31. The van der Waals surface area contributed by atoms with Gasteiger partial charge in [0, 0.05) is 6.07 Å². The molecule has 0 radical (unpaired) electrons. The lowest BCUT2D eigenvalue weighted by Gasteiger charge is -2.18. The lowest BCUT2D eigenvalue weighted by Crippen LogP contribution is -2.14. The van der Waals surface area contributed by atoms with Crippen LogP contribution in [0.2, 0.25) is 0 Å². The van der Waals surface area contributed by atoms with Gasteiger partial charge in [-0.05, 0) is 24.3 Å². The number of rotatable bonds is 4. The van der Waals surface area contributed by atoms with E-state index in [1.54, 1.807) is 0 Å². The first-order valence-electron chi connectivity index (χ1n) is 5.56. The SMILES string of the molecule is CCC(CC)c1ccc(OC)nc1C(F)(F)F. The number of nitrogens with zero attached hydrogens (tertiary/aromatic N) is 1. The Labute approximate surface area is 98.8 Å². The van der Waals surface area contributed by atoms with Crippen molar-refractivity contribution in [3.05, 3.63) is 23.4 Å². The molecule has 0 amide bonds. The second kappa shape index (κ2) is 5.38. The van der Waals surface area contributed by atoms with Crippen molar-refractivity contribution < 1.29 is 17.9 Å². The quantitative estimate of drug-likeness (QED) is 0.801. The maximum atomic E-state index is 12.9. The molecule has 0 aliphatic carbocycles. The third-order valence-electron chi connectivity index (χ3n) is 2.80. The van der Waals surface area contributed by atoms with Crippen LogP contribution in [-0.4, -0.2) is 12.1 Å². The molecule has 0 unspecified atom stereocenters. The molecule has 0 aliphatic rings. The summed E-state index contributed by atoms with van der Waals surface area (Å²) >= 11 is 0. The molecule has 0 atom stereocenters. The third-order valence-corrected chi connectivity index (χ3v) is 2.80. The molecule has 96 valence electrons. The van der Waals surface area contributed by atoms with Gasteiger partial charge in [-0.2, -0.15) is 13.2 Å². The molecule has 1 aromatic rings. The predicted molar refractivity (Wildman–Crippen MR) is 59.1 cm³/mol. The Morgan fingerprint density at radius 3 is 2.24 bits per heavy atom. The molecular weight excluding hydrogens is 231 g/mol. The topological polar surface area (TPSA) is 22.1 Å². The molecule has 1 heterocycles. The Morgan fingerprint density at radius 2 is 1.82 bits per heavy atom. The molecule has 1 aromatic heterocycles. The van der Waals surface area contributed by atoms with Crippen LogP contribution in [0.3, 0.4) is 0 Å². The second-order valence-corrected chi connectivity index (χ2v) is 3.80. The van der Waals surface area contributed by atoms with Gasteiger partial charge in [0.05, 0.1) is 7.11 Å². The Kier molecular flexibility index (Phi) is 4.37. The van der Waals surface area contributed by atoms with Gasteiger partial charge in [-0.25, -0.2) is 4.98 Å². The fraction of sp³-hybridized carbons (Fsp3) is 0.583. The summed E-state index contributed by atoms with van der Waals surface area (Å²) in [6.45, 7) is 3.75. The zero-order chi connectivity index (χ0) is 13.1. The van der Waals surface area contributed by atoms with E-state index in [0.29, 0.717) is 12.8 Å². The Bertz CT molecular complexity index is 373. The molecule has 2 nitrogen and oxygen atoms in total. The van der Waals surface area contributed by atoms with Crippen molar-refractivity contribution >= 4 is 0 Å². The molecule has 5 heteroatoms. The van der Waals surface area contributed by atoms with E-state index < -0.39 is 11.9 Å². The van der Waals surface area contributed by atoms with Gasteiger partial charge in [0.25, 0.3) is 0 Å². The van der Waals surface area contributed by atoms with Crippen LogP contribution in [0.15, 0.2) is 12.1 Å². The van der Waals surface area contributed by atoms with Gasteiger partial charge in [-0.1, -0.05) is 19.9 Å². The van der Waals surface area contributed by atoms with Crippen molar-refractivity contribution in [1.82, 2.24) is 4.98 Å². The van der Waals surface area contributed by atoms with Gasteiger partial charge in [0.2, 0.25) is 5.88 Å². The van der Waals surface area contributed by atoms with Gasteiger partial charge in [0.15, 0.2) is 5.69 Å². The zero-order valence-corrected chi connectivity index (χ0v) is 10.1. The van der Waals surface area contributed by atoms with Crippen LogP contribution >= 0.6 is 0 Å².